The number of rotatable bonds is 6. The van der Waals surface area contributed by atoms with E-state index < -0.39 is 0 Å². The maximum absolute atomic E-state index is 12.4. The largest absolute Gasteiger partial charge is 0.495 e. The fourth-order valence-corrected chi connectivity index (χ4v) is 3.28. The molecule has 1 aromatic carbocycles. The molecule has 1 N–H and O–H groups in total. The fourth-order valence-electron chi connectivity index (χ4n) is 3.10. The number of carbonyl (C=O) groups is 1. The highest BCUT2D eigenvalue weighted by Gasteiger charge is 2.32. The number of halogens is 1. The Labute approximate surface area is 164 Å². The number of aromatic nitrogens is 2. The summed E-state index contributed by atoms with van der Waals surface area (Å²) in [4.78, 5) is 25.4. The number of methoxy groups -OCH3 is 1. The summed E-state index contributed by atoms with van der Waals surface area (Å²) in [6.45, 7) is 5.82. The number of nitrogens with one attached hydrogen (secondary N) is 1. The molecule has 0 radical (unpaired) electrons. The van der Waals surface area contributed by atoms with E-state index in [0.717, 1.165) is 30.4 Å². The Morgan fingerprint density at radius 3 is 2.74 bits per heavy atom. The number of anilines is 2. The Morgan fingerprint density at radius 1 is 1.33 bits per heavy atom. The minimum absolute atomic E-state index is 0.106. The first-order valence-electron chi connectivity index (χ1n) is 8.76. The van der Waals surface area contributed by atoms with Gasteiger partial charge in [-0.25, -0.2) is 9.97 Å². The molecular formula is C19H24ClN5O2. The molecule has 0 aliphatic carbocycles. The van der Waals surface area contributed by atoms with Gasteiger partial charge in [-0.15, -0.1) is 0 Å². The summed E-state index contributed by atoms with van der Waals surface area (Å²) in [5.74, 6) is 2.19. The number of amides is 1. The van der Waals surface area contributed by atoms with E-state index in [4.69, 9.17) is 16.3 Å². The summed E-state index contributed by atoms with van der Waals surface area (Å²) in [5, 5.41) is 3.42. The summed E-state index contributed by atoms with van der Waals surface area (Å²) >= 11 is 6.01. The van der Waals surface area contributed by atoms with Crippen molar-refractivity contribution in [2.24, 2.45) is 0 Å². The van der Waals surface area contributed by atoms with Crippen molar-refractivity contribution in [3.8, 4) is 5.75 Å². The summed E-state index contributed by atoms with van der Waals surface area (Å²) in [5.41, 5.74) is 1.54. The zero-order valence-electron chi connectivity index (χ0n) is 16.0. The number of hydrogen-bond donors (Lipinski definition) is 1. The molecule has 8 heteroatoms. The van der Waals surface area contributed by atoms with E-state index in [2.05, 4.69) is 20.2 Å². The lowest BCUT2D eigenvalue weighted by atomic mass is 10.1. The topological polar surface area (TPSA) is 70.6 Å². The van der Waals surface area contributed by atoms with E-state index in [0.29, 0.717) is 22.5 Å². The molecule has 1 aliphatic heterocycles. The number of aryl methyl sites for hydroxylation is 2. The van der Waals surface area contributed by atoms with Crippen molar-refractivity contribution in [3.63, 3.8) is 0 Å². The van der Waals surface area contributed by atoms with Gasteiger partial charge in [0, 0.05) is 35.9 Å². The first kappa shape index (κ1) is 19.4. The Kier molecular flexibility index (Phi) is 5.82. The number of benzene rings is 1. The van der Waals surface area contributed by atoms with Crippen LogP contribution < -0.4 is 15.0 Å². The van der Waals surface area contributed by atoms with Gasteiger partial charge >= 0.3 is 0 Å². The Hall–Kier alpha value is -2.38. The molecule has 0 spiro atoms. The maximum Gasteiger partial charge on any atom is 0.238 e. The molecule has 2 aromatic rings. The van der Waals surface area contributed by atoms with E-state index in [9.17, 15) is 4.79 Å². The molecule has 2 heterocycles. The van der Waals surface area contributed by atoms with Gasteiger partial charge in [0.05, 0.1) is 19.3 Å². The molecule has 144 valence electrons. The highest BCUT2D eigenvalue weighted by molar-refractivity contribution is 6.31. The summed E-state index contributed by atoms with van der Waals surface area (Å²) in [6.07, 6.45) is 0. The molecule has 7 nitrogen and oxygen atoms in total. The number of hydrogen-bond acceptors (Lipinski definition) is 6. The van der Waals surface area contributed by atoms with Gasteiger partial charge in [0.2, 0.25) is 5.91 Å². The average Bonchev–Trinajstić information content (AvgIpc) is 2.52. The highest BCUT2D eigenvalue weighted by Crippen LogP contribution is 2.28. The quantitative estimate of drug-likeness (QED) is 0.818. The minimum Gasteiger partial charge on any atom is -0.495 e. The van der Waals surface area contributed by atoms with Crippen LogP contribution in [0.5, 0.6) is 5.75 Å². The SMILES string of the molecule is COc1ccc(Cl)cc1NC(=O)CN(C)C1CN(c2cc(C)nc(C)n2)C1. The third-order valence-corrected chi connectivity index (χ3v) is 4.83. The zero-order chi connectivity index (χ0) is 19.6. The van der Waals surface area contributed by atoms with Crippen LogP contribution in [-0.4, -0.2) is 60.6 Å². The number of likely N-dealkylation sites (N-methyl/N-ethyl adjacent to an activating group) is 1. The lowest BCUT2D eigenvalue weighted by Gasteiger charge is -2.44. The van der Waals surface area contributed by atoms with E-state index in [1.54, 1.807) is 25.3 Å². The molecule has 1 aliphatic rings. The summed E-state index contributed by atoms with van der Waals surface area (Å²) < 4.78 is 5.26. The van der Waals surface area contributed by atoms with Crippen LogP contribution in [-0.2, 0) is 4.79 Å². The zero-order valence-corrected chi connectivity index (χ0v) is 16.7. The standard InChI is InChI=1S/C19H24ClN5O2/c1-12-7-18(22-13(2)21-12)25-9-15(10-25)24(3)11-19(26)23-16-8-14(20)5-6-17(16)27-4/h5-8,15H,9-11H2,1-4H3,(H,23,26). The Morgan fingerprint density at radius 2 is 2.07 bits per heavy atom. The molecular weight excluding hydrogens is 366 g/mol. The number of nitrogens with zero attached hydrogens (tertiary/aromatic N) is 4. The van der Waals surface area contributed by atoms with Crippen LogP contribution in [0.15, 0.2) is 24.3 Å². The van der Waals surface area contributed by atoms with Crippen molar-refractivity contribution in [1.82, 2.24) is 14.9 Å². The molecule has 0 atom stereocenters. The van der Waals surface area contributed by atoms with Gasteiger partial charge in [0.15, 0.2) is 0 Å². The van der Waals surface area contributed by atoms with E-state index in [-0.39, 0.29) is 12.5 Å². The molecule has 0 saturated carbocycles. The lowest BCUT2D eigenvalue weighted by Crippen LogP contribution is -2.59. The molecule has 27 heavy (non-hydrogen) atoms. The van der Waals surface area contributed by atoms with Crippen molar-refractivity contribution in [2.75, 3.05) is 44.0 Å². The third-order valence-electron chi connectivity index (χ3n) is 4.59. The predicted octanol–water partition coefficient (Wildman–Crippen LogP) is 2.51. The molecule has 1 saturated heterocycles. The normalized spacial score (nSPS) is 14.2. The second-order valence-electron chi connectivity index (χ2n) is 6.78. The third kappa shape index (κ3) is 4.67. The highest BCUT2D eigenvalue weighted by atomic mass is 35.5. The van der Waals surface area contributed by atoms with Crippen molar-refractivity contribution in [2.45, 2.75) is 19.9 Å². The van der Waals surface area contributed by atoms with E-state index >= 15 is 0 Å². The molecule has 1 aromatic heterocycles. The Bertz CT molecular complexity index is 819. The summed E-state index contributed by atoms with van der Waals surface area (Å²) in [7, 11) is 3.51. The maximum atomic E-state index is 12.4. The van der Waals surface area contributed by atoms with Crippen LogP contribution in [0.25, 0.3) is 0 Å². The van der Waals surface area contributed by atoms with Gasteiger partial charge < -0.3 is 15.0 Å². The van der Waals surface area contributed by atoms with Crippen LogP contribution in [0, 0.1) is 13.8 Å². The smallest absolute Gasteiger partial charge is 0.238 e. The second kappa shape index (κ2) is 8.10. The average molecular weight is 390 g/mol. The van der Waals surface area contributed by atoms with Crippen molar-refractivity contribution in [1.29, 1.82) is 0 Å². The van der Waals surface area contributed by atoms with Gasteiger partial charge in [0.1, 0.15) is 17.4 Å². The van der Waals surface area contributed by atoms with Crippen LogP contribution in [0.3, 0.4) is 0 Å². The van der Waals surface area contributed by atoms with Gasteiger partial charge in [0.25, 0.3) is 0 Å². The molecule has 0 bridgehead atoms. The van der Waals surface area contributed by atoms with Crippen molar-refractivity contribution >= 4 is 29.0 Å². The predicted molar refractivity (Wildman–Crippen MR) is 107 cm³/mol. The van der Waals surface area contributed by atoms with Crippen molar-refractivity contribution < 1.29 is 9.53 Å². The molecule has 3 rings (SSSR count). The van der Waals surface area contributed by atoms with Gasteiger partial charge in [-0.1, -0.05) is 11.6 Å². The Balaban J connectivity index is 1.53. The van der Waals surface area contributed by atoms with Gasteiger partial charge in [-0.2, -0.15) is 0 Å². The van der Waals surface area contributed by atoms with Crippen LogP contribution in [0.4, 0.5) is 11.5 Å². The number of carbonyl (C=O) groups excluding carboxylic acids is 1. The van der Waals surface area contributed by atoms with Crippen molar-refractivity contribution in [3.05, 3.63) is 40.8 Å². The lowest BCUT2D eigenvalue weighted by molar-refractivity contribution is -0.117. The van der Waals surface area contributed by atoms with E-state index in [1.807, 2.05) is 31.9 Å². The first-order valence-corrected chi connectivity index (χ1v) is 9.14. The molecule has 1 fully saturated rings. The van der Waals surface area contributed by atoms with Crippen LogP contribution >= 0.6 is 11.6 Å². The molecule has 0 unspecified atom stereocenters. The van der Waals surface area contributed by atoms with Crippen LogP contribution in [0.2, 0.25) is 5.02 Å². The first-order chi connectivity index (χ1) is 12.9. The number of ether oxygens (including phenoxy) is 1. The van der Waals surface area contributed by atoms with Gasteiger partial charge in [-0.05, 0) is 39.1 Å². The monoisotopic (exact) mass is 389 g/mol. The minimum atomic E-state index is -0.106. The molecule has 1 amide bonds. The van der Waals surface area contributed by atoms with Gasteiger partial charge in [-0.3, -0.25) is 9.69 Å². The van der Waals surface area contributed by atoms with E-state index in [1.165, 1.54) is 0 Å². The summed E-state index contributed by atoms with van der Waals surface area (Å²) in [6, 6.07) is 7.43. The van der Waals surface area contributed by atoms with Crippen LogP contribution in [0.1, 0.15) is 11.5 Å². The fraction of sp³-hybridized carbons (Fsp3) is 0.421. The second-order valence-corrected chi connectivity index (χ2v) is 7.22.